The molecule has 0 saturated carbocycles. The van der Waals surface area contributed by atoms with Gasteiger partial charge in [0.25, 0.3) is 5.91 Å². The zero-order valence-corrected chi connectivity index (χ0v) is 16.3. The van der Waals surface area contributed by atoms with E-state index in [1.165, 1.54) is 0 Å². The Morgan fingerprint density at radius 3 is 2.54 bits per heavy atom. The number of nitrogens with zero attached hydrogens (tertiary/aromatic N) is 5. The lowest BCUT2D eigenvalue weighted by Gasteiger charge is -2.35. The average molecular weight is 380 g/mol. The van der Waals surface area contributed by atoms with E-state index in [0.717, 1.165) is 28.2 Å². The van der Waals surface area contributed by atoms with Crippen molar-refractivity contribution in [3.63, 3.8) is 0 Å². The average Bonchev–Trinajstić information content (AvgIpc) is 3.02. The molecule has 0 radical (unpaired) electrons. The van der Waals surface area contributed by atoms with Gasteiger partial charge in [-0.05, 0) is 31.2 Å². The van der Waals surface area contributed by atoms with Crippen LogP contribution in [-0.4, -0.2) is 58.6 Å². The van der Waals surface area contributed by atoms with Crippen molar-refractivity contribution < 1.29 is 9.53 Å². The molecule has 8 heteroatoms. The van der Waals surface area contributed by atoms with Gasteiger partial charge in [0.2, 0.25) is 5.95 Å². The molecule has 28 heavy (non-hydrogen) atoms. The second-order valence-electron chi connectivity index (χ2n) is 7.02. The fraction of sp³-hybridized carbons (Fsp3) is 0.350. The number of nitrogens with two attached hydrogens (primary N) is 1. The lowest BCUT2D eigenvalue weighted by Crippen LogP contribution is -2.49. The van der Waals surface area contributed by atoms with Gasteiger partial charge in [0.1, 0.15) is 17.3 Å². The van der Waals surface area contributed by atoms with Crippen molar-refractivity contribution >= 4 is 28.6 Å². The van der Waals surface area contributed by atoms with Gasteiger partial charge in [-0.15, -0.1) is 0 Å². The normalized spacial score (nSPS) is 14.5. The van der Waals surface area contributed by atoms with Crippen LogP contribution in [0.4, 0.5) is 11.8 Å². The first kappa shape index (κ1) is 18.1. The molecule has 8 nitrogen and oxygen atoms in total. The zero-order valence-electron chi connectivity index (χ0n) is 16.3. The Labute approximate surface area is 163 Å². The van der Waals surface area contributed by atoms with Gasteiger partial charge in [0, 0.05) is 55.9 Å². The summed E-state index contributed by atoms with van der Waals surface area (Å²) in [5.74, 6) is 1.91. The monoisotopic (exact) mass is 380 g/mol. The van der Waals surface area contributed by atoms with E-state index in [-0.39, 0.29) is 11.9 Å². The minimum absolute atomic E-state index is 0.0377. The lowest BCUT2D eigenvalue weighted by molar-refractivity contribution is 0.0737. The summed E-state index contributed by atoms with van der Waals surface area (Å²) >= 11 is 0. The number of carbonyl (C=O) groups excluding carboxylic acids is 1. The highest BCUT2D eigenvalue weighted by Crippen LogP contribution is 2.25. The smallest absolute Gasteiger partial charge is 0.270 e. The fourth-order valence-corrected chi connectivity index (χ4v) is 3.70. The van der Waals surface area contributed by atoms with E-state index in [9.17, 15) is 4.79 Å². The van der Waals surface area contributed by atoms with Crippen molar-refractivity contribution in [1.82, 2.24) is 19.4 Å². The Balaban J connectivity index is 1.51. The molecule has 1 fully saturated rings. The highest BCUT2D eigenvalue weighted by molar-refractivity contribution is 5.99. The molecule has 3 heterocycles. The number of aryl methyl sites for hydroxylation is 2. The van der Waals surface area contributed by atoms with Gasteiger partial charge < -0.3 is 24.8 Å². The van der Waals surface area contributed by atoms with E-state index in [2.05, 4.69) is 14.9 Å². The molecular formula is C20H24N6O2. The first-order chi connectivity index (χ1) is 13.5. The number of hydrogen-bond donors (Lipinski definition) is 1. The number of rotatable bonds is 3. The van der Waals surface area contributed by atoms with Gasteiger partial charge in [-0.25, -0.2) is 4.98 Å². The van der Waals surface area contributed by atoms with Crippen LogP contribution in [0, 0.1) is 6.92 Å². The van der Waals surface area contributed by atoms with Crippen LogP contribution < -0.4 is 15.4 Å². The molecule has 1 aliphatic rings. The summed E-state index contributed by atoms with van der Waals surface area (Å²) in [6.07, 6.45) is 0. The SMILES string of the molecule is COc1ccc2c(c1)cc(C(=O)N1CCN(c3cc(C)nc(N)n3)CC1)n2C. The van der Waals surface area contributed by atoms with E-state index in [1.807, 2.05) is 53.8 Å². The van der Waals surface area contributed by atoms with Gasteiger partial charge in [0.05, 0.1) is 7.11 Å². The van der Waals surface area contributed by atoms with Crippen LogP contribution in [0.2, 0.25) is 0 Å². The molecular weight excluding hydrogens is 356 g/mol. The Hall–Kier alpha value is -3.29. The Morgan fingerprint density at radius 2 is 1.86 bits per heavy atom. The van der Waals surface area contributed by atoms with Crippen LogP contribution in [0.1, 0.15) is 16.2 Å². The molecule has 2 N–H and O–H groups in total. The molecule has 146 valence electrons. The molecule has 0 atom stereocenters. The van der Waals surface area contributed by atoms with E-state index in [4.69, 9.17) is 10.5 Å². The third-order valence-electron chi connectivity index (χ3n) is 5.22. The summed E-state index contributed by atoms with van der Waals surface area (Å²) in [5.41, 5.74) is 8.29. The predicted molar refractivity (Wildman–Crippen MR) is 109 cm³/mol. The van der Waals surface area contributed by atoms with Crippen LogP contribution in [0.3, 0.4) is 0 Å². The van der Waals surface area contributed by atoms with E-state index in [1.54, 1.807) is 7.11 Å². The number of aromatic nitrogens is 3. The van der Waals surface area contributed by atoms with Crippen molar-refractivity contribution in [1.29, 1.82) is 0 Å². The molecule has 0 spiro atoms. The molecule has 1 saturated heterocycles. The number of amides is 1. The fourth-order valence-electron chi connectivity index (χ4n) is 3.70. The second-order valence-corrected chi connectivity index (χ2v) is 7.02. The number of carbonyl (C=O) groups is 1. The maximum Gasteiger partial charge on any atom is 0.270 e. The standard InChI is InChI=1S/C20H24N6O2/c1-13-10-18(23-20(21)22-13)25-6-8-26(9-7-25)19(27)17-12-14-11-15(28-3)4-5-16(14)24(17)2/h4-5,10-12H,6-9H2,1-3H3,(H2,21,22,23). The minimum Gasteiger partial charge on any atom is -0.497 e. The largest absolute Gasteiger partial charge is 0.497 e. The lowest BCUT2D eigenvalue weighted by atomic mass is 10.2. The molecule has 0 unspecified atom stereocenters. The molecule has 0 aliphatic carbocycles. The number of piperazine rings is 1. The maximum atomic E-state index is 13.1. The molecule has 4 rings (SSSR count). The number of benzene rings is 1. The van der Waals surface area contributed by atoms with Crippen LogP contribution >= 0.6 is 0 Å². The van der Waals surface area contributed by atoms with Crippen molar-refractivity contribution in [2.45, 2.75) is 6.92 Å². The van der Waals surface area contributed by atoms with Crippen molar-refractivity contribution in [3.05, 3.63) is 41.7 Å². The summed E-state index contributed by atoms with van der Waals surface area (Å²) < 4.78 is 7.23. The van der Waals surface area contributed by atoms with Gasteiger partial charge in [0.15, 0.2) is 0 Å². The third kappa shape index (κ3) is 3.21. The van der Waals surface area contributed by atoms with Crippen LogP contribution in [0.15, 0.2) is 30.3 Å². The molecule has 2 aromatic heterocycles. The highest BCUT2D eigenvalue weighted by Gasteiger charge is 2.25. The summed E-state index contributed by atoms with van der Waals surface area (Å²) in [7, 11) is 3.56. The number of methoxy groups -OCH3 is 1. The Bertz CT molecular complexity index is 1020. The Morgan fingerprint density at radius 1 is 1.11 bits per heavy atom. The zero-order chi connectivity index (χ0) is 19.8. The van der Waals surface area contributed by atoms with Crippen LogP contribution in [-0.2, 0) is 7.05 Å². The predicted octanol–water partition coefficient (Wildman–Crippen LogP) is 1.83. The van der Waals surface area contributed by atoms with Gasteiger partial charge in [-0.2, -0.15) is 4.98 Å². The molecule has 3 aromatic rings. The number of fused-ring (bicyclic) bond motifs is 1. The first-order valence-electron chi connectivity index (χ1n) is 9.25. The van der Waals surface area contributed by atoms with Gasteiger partial charge in [-0.1, -0.05) is 0 Å². The van der Waals surface area contributed by atoms with E-state index < -0.39 is 0 Å². The number of ether oxygens (including phenoxy) is 1. The first-order valence-corrected chi connectivity index (χ1v) is 9.25. The summed E-state index contributed by atoms with van der Waals surface area (Å²) in [5, 5.41) is 0.996. The third-order valence-corrected chi connectivity index (χ3v) is 5.22. The quantitative estimate of drug-likeness (QED) is 0.746. The number of anilines is 2. The molecule has 1 aliphatic heterocycles. The molecule has 1 amide bonds. The van der Waals surface area contributed by atoms with E-state index in [0.29, 0.717) is 31.9 Å². The van der Waals surface area contributed by atoms with Crippen molar-refractivity contribution in [2.24, 2.45) is 7.05 Å². The Kier molecular flexibility index (Phi) is 4.54. The maximum absolute atomic E-state index is 13.1. The molecule has 0 bridgehead atoms. The number of nitrogen functional groups attached to an aromatic ring is 1. The topological polar surface area (TPSA) is 89.5 Å². The number of hydrogen-bond acceptors (Lipinski definition) is 6. The van der Waals surface area contributed by atoms with Crippen molar-refractivity contribution in [3.8, 4) is 5.75 Å². The van der Waals surface area contributed by atoms with Crippen LogP contribution in [0.5, 0.6) is 5.75 Å². The van der Waals surface area contributed by atoms with Gasteiger partial charge in [-0.3, -0.25) is 4.79 Å². The minimum atomic E-state index is 0.0377. The van der Waals surface area contributed by atoms with E-state index >= 15 is 0 Å². The second kappa shape index (κ2) is 7.03. The van der Waals surface area contributed by atoms with Gasteiger partial charge >= 0.3 is 0 Å². The molecule has 1 aromatic carbocycles. The highest BCUT2D eigenvalue weighted by atomic mass is 16.5. The summed E-state index contributed by atoms with van der Waals surface area (Å²) in [6, 6.07) is 9.69. The summed E-state index contributed by atoms with van der Waals surface area (Å²) in [4.78, 5) is 25.6. The van der Waals surface area contributed by atoms with Crippen LogP contribution in [0.25, 0.3) is 10.9 Å². The summed E-state index contributed by atoms with van der Waals surface area (Å²) in [6.45, 7) is 4.58. The van der Waals surface area contributed by atoms with Crippen molar-refractivity contribution in [2.75, 3.05) is 43.9 Å².